The molecule has 1 rings (SSSR count). The average Bonchev–Trinajstić information content (AvgIpc) is 2.38. The molecule has 0 aromatic heterocycles. The highest BCUT2D eigenvalue weighted by Gasteiger charge is 2.39. The molecule has 4 heteroatoms. The molecule has 100 valence electrons. The lowest BCUT2D eigenvalue weighted by molar-refractivity contribution is -0.233. The summed E-state index contributed by atoms with van der Waals surface area (Å²) in [6.07, 6.45) is 6.69. The van der Waals surface area contributed by atoms with Crippen molar-refractivity contribution >= 4 is 11.9 Å². The monoisotopic (exact) mass is 252 g/mol. The zero-order valence-electron chi connectivity index (χ0n) is 11.0. The van der Waals surface area contributed by atoms with Crippen molar-refractivity contribution in [3.05, 3.63) is 24.3 Å². The van der Waals surface area contributed by atoms with Gasteiger partial charge in [0.1, 0.15) is 0 Å². The molecule has 0 aliphatic heterocycles. The van der Waals surface area contributed by atoms with Crippen LogP contribution in [0.3, 0.4) is 0 Å². The Morgan fingerprint density at radius 1 is 1.17 bits per heavy atom. The van der Waals surface area contributed by atoms with Crippen LogP contribution in [0.1, 0.15) is 46.0 Å². The maximum atomic E-state index is 11.8. The molecule has 0 bridgehead atoms. The van der Waals surface area contributed by atoms with Gasteiger partial charge < -0.3 is 9.47 Å². The second-order valence-corrected chi connectivity index (χ2v) is 4.46. The summed E-state index contributed by atoms with van der Waals surface area (Å²) in [6, 6.07) is 0. The maximum Gasteiger partial charge on any atom is 0.336 e. The van der Waals surface area contributed by atoms with E-state index in [0.29, 0.717) is 18.4 Å². The van der Waals surface area contributed by atoms with Gasteiger partial charge in [-0.05, 0) is 26.7 Å². The minimum atomic E-state index is -1.11. The van der Waals surface area contributed by atoms with Crippen LogP contribution < -0.4 is 0 Å². The molecule has 1 aliphatic rings. The number of hydrogen-bond acceptors (Lipinski definition) is 4. The van der Waals surface area contributed by atoms with Crippen molar-refractivity contribution in [3.63, 3.8) is 0 Å². The minimum Gasteiger partial charge on any atom is -0.419 e. The molecule has 0 heterocycles. The fourth-order valence-corrected chi connectivity index (χ4v) is 1.91. The van der Waals surface area contributed by atoms with E-state index in [1.807, 2.05) is 0 Å². The van der Waals surface area contributed by atoms with Gasteiger partial charge in [-0.1, -0.05) is 19.1 Å². The standard InChI is InChI=1S/C14H20O4/c1-4-11(3)13(16)18-14(17-12(15)5-2)9-7-6-8-10-14/h4-5H,2,6-10H2,1,3H3/b11-4+. The predicted octanol–water partition coefficient (Wildman–Crippen LogP) is 2.89. The Morgan fingerprint density at radius 3 is 2.28 bits per heavy atom. The first kappa shape index (κ1) is 14.5. The number of allylic oxidation sites excluding steroid dienone is 1. The Labute approximate surface area is 108 Å². The first-order chi connectivity index (χ1) is 8.53. The van der Waals surface area contributed by atoms with Gasteiger partial charge in [0.25, 0.3) is 5.79 Å². The lowest BCUT2D eigenvalue weighted by Crippen LogP contribution is -2.41. The van der Waals surface area contributed by atoms with E-state index < -0.39 is 17.7 Å². The third-order valence-corrected chi connectivity index (χ3v) is 3.10. The lowest BCUT2D eigenvalue weighted by Gasteiger charge is -2.35. The fourth-order valence-electron chi connectivity index (χ4n) is 1.91. The van der Waals surface area contributed by atoms with Gasteiger partial charge in [0.2, 0.25) is 0 Å². The molecular weight excluding hydrogens is 232 g/mol. The molecule has 1 fully saturated rings. The number of hydrogen-bond donors (Lipinski definition) is 0. The SMILES string of the molecule is C=CC(=O)OC1(OC(=O)/C(C)=C/C)CCCCC1. The summed E-state index contributed by atoms with van der Waals surface area (Å²) in [4.78, 5) is 23.2. The summed E-state index contributed by atoms with van der Waals surface area (Å²) in [7, 11) is 0. The highest BCUT2D eigenvalue weighted by molar-refractivity contribution is 5.88. The van der Waals surface area contributed by atoms with E-state index in [4.69, 9.17) is 9.47 Å². The van der Waals surface area contributed by atoms with Crippen LogP contribution in [0, 0.1) is 0 Å². The summed E-state index contributed by atoms with van der Waals surface area (Å²) < 4.78 is 10.7. The minimum absolute atomic E-state index is 0.434. The largest absolute Gasteiger partial charge is 0.419 e. The zero-order chi connectivity index (χ0) is 13.6. The molecule has 0 aromatic rings. The fraction of sp³-hybridized carbons (Fsp3) is 0.571. The Balaban J connectivity index is 2.80. The van der Waals surface area contributed by atoms with E-state index in [1.165, 1.54) is 0 Å². The van der Waals surface area contributed by atoms with Crippen LogP contribution in [0.25, 0.3) is 0 Å². The van der Waals surface area contributed by atoms with Gasteiger partial charge in [-0.15, -0.1) is 0 Å². The molecule has 0 amide bonds. The van der Waals surface area contributed by atoms with Gasteiger partial charge in [0, 0.05) is 24.5 Å². The predicted molar refractivity (Wildman–Crippen MR) is 67.6 cm³/mol. The molecule has 4 nitrogen and oxygen atoms in total. The maximum absolute atomic E-state index is 11.8. The Bertz CT molecular complexity index is 362. The molecular formula is C14H20O4. The van der Waals surface area contributed by atoms with E-state index in [1.54, 1.807) is 19.9 Å². The first-order valence-electron chi connectivity index (χ1n) is 6.24. The van der Waals surface area contributed by atoms with Gasteiger partial charge in [-0.25, -0.2) is 9.59 Å². The molecule has 1 saturated carbocycles. The van der Waals surface area contributed by atoms with Crippen molar-refractivity contribution in [2.24, 2.45) is 0 Å². The smallest absolute Gasteiger partial charge is 0.336 e. The van der Waals surface area contributed by atoms with E-state index in [9.17, 15) is 9.59 Å². The molecule has 18 heavy (non-hydrogen) atoms. The summed E-state index contributed by atoms with van der Waals surface area (Å²) >= 11 is 0. The van der Waals surface area contributed by atoms with Crippen molar-refractivity contribution in [3.8, 4) is 0 Å². The first-order valence-corrected chi connectivity index (χ1v) is 6.24. The van der Waals surface area contributed by atoms with Gasteiger partial charge in [-0.3, -0.25) is 0 Å². The highest BCUT2D eigenvalue weighted by atomic mass is 16.7. The highest BCUT2D eigenvalue weighted by Crippen LogP contribution is 2.33. The topological polar surface area (TPSA) is 52.6 Å². The molecule has 0 unspecified atom stereocenters. The Morgan fingerprint density at radius 2 is 1.78 bits per heavy atom. The number of carbonyl (C=O) groups is 2. The van der Waals surface area contributed by atoms with Crippen LogP contribution in [0.5, 0.6) is 0 Å². The van der Waals surface area contributed by atoms with E-state index in [2.05, 4.69) is 6.58 Å². The van der Waals surface area contributed by atoms with E-state index >= 15 is 0 Å². The molecule has 0 spiro atoms. The molecule has 1 aliphatic carbocycles. The average molecular weight is 252 g/mol. The molecule has 0 saturated heterocycles. The second-order valence-electron chi connectivity index (χ2n) is 4.46. The van der Waals surface area contributed by atoms with Crippen molar-refractivity contribution in [1.29, 1.82) is 0 Å². The van der Waals surface area contributed by atoms with Gasteiger partial charge in [-0.2, -0.15) is 0 Å². The van der Waals surface area contributed by atoms with Crippen LogP contribution >= 0.6 is 0 Å². The van der Waals surface area contributed by atoms with Crippen LogP contribution in [0.2, 0.25) is 0 Å². The van der Waals surface area contributed by atoms with Crippen molar-refractivity contribution in [1.82, 2.24) is 0 Å². The third kappa shape index (κ3) is 3.72. The van der Waals surface area contributed by atoms with Crippen LogP contribution in [-0.2, 0) is 19.1 Å². The van der Waals surface area contributed by atoms with E-state index in [0.717, 1.165) is 25.3 Å². The van der Waals surface area contributed by atoms with Crippen LogP contribution in [-0.4, -0.2) is 17.7 Å². The lowest BCUT2D eigenvalue weighted by atomic mass is 9.94. The van der Waals surface area contributed by atoms with Gasteiger partial charge in [0.05, 0.1) is 0 Å². The van der Waals surface area contributed by atoms with Crippen molar-refractivity contribution < 1.29 is 19.1 Å². The Kier molecular flexibility index (Phi) is 5.13. The summed E-state index contributed by atoms with van der Waals surface area (Å²) in [5.74, 6) is -2.09. The summed E-state index contributed by atoms with van der Waals surface area (Å²) in [5.41, 5.74) is 0.509. The van der Waals surface area contributed by atoms with Crippen molar-refractivity contribution in [2.75, 3.05) is 0 Å². The summed E-state index contributed by atoms with van der Waals surface area (Å²) in [6.45, 7) is 6.80. The zero-order valence-corrected chi connectivity index (χ0v) is 11.0. The van der Waals surface area contributed by atoms with Crippen LogP contribution in [0.4, 0.5) is 0 Å². The molecule has 0 N–H and O–H groups in total. The molecule has 0 radical (unpaired) electrons. The van der Waals surface area contributed by atoms with Crippen molar-refractivity contribution in [2.45, 2.75) is 51.7 Å². The quantitative estimate of drug-likeness (QED) is 0.438. The van der Waals surface area contributed by atoms with Gasteiger partial charge >= 0.3 is 11.9 Å². The Hall–Kier alpha value is -1.58. The van der Waals surface area contributed by atoms with Crippen LogP contribution in [0.15, 0.2) is 24.3 Å². The molecule has 0 aromatic carbocycles. The molecule has 0 atom stereocenters. The third-order valence-electron chi connectivity index (χ3n) is 3.10. The second kappa shape index (κ2) is 6.38. The number of rotatable bonds is 4. The number of ether oxygens (including phenoxy) is 2. The van der Waals surface area contributed by atoms with E-state index in [-0.39, 0.29) is 0 Å². The number of esters is 2. The normalized spacial score (nSPS) is 18.9. The summed E-state index contributed by atoms with van der Waals surface area (Å²) in [5, 5.41) is 0. The number of carbonyl (C=O) groups excluding carboxylic acids is 2. The van der Waals surface area contributed by atoms with Gasteiger partial charge in [0.15, 0.2) is 0 Å².